The highest BCUT2D eigenvalue weighted by Crippen LogP contribution is 2.28. The summed E-state index contributed by atoms with van der Waals surface area (Å²) >= 11 is 0. The van der Waals surface area contributed by atoms with Gasteiger partial charge in [-0.05, 0) is 12.5 Å². The van der Waals surface area contributed by atoms with Crippen LogP contribution in [0.5, 0.6) is 0 Å². The van der Waals surface area contributed by atoms with Gasteiger partial charge in [0.1, 0.15) is 6.54 Å². The molecule has 8 nitrogen and oxygen atoms in total. The summed E-state index contributed by atoms with van der Waals surface area (Å²) in [5, 5.41) is 3.06. The second-order valence-electron chi connectivity index (χ2n) is 6.49. The van der Waals surface area contributed by atoms with E-state index < -0.39 is 43.2 Å². The van der Waals surface area contributed by atoms with Crippen LogP contribution < -0.4 is 10.6 Å². The van der Waals surface area contributed by atoms with Gasteiger partial charge in [-0.2, -0.15) is 13.2 Å². The second-order valence-corrected chi connectivity index (χ2v) is 6.49. The Morgan fingerprint density at radius 3 is 2.52 bits per heavy atom. The van der Waals surface area contributed by atoms with E-state index >= 15 is 0 Å². The zero-order chi connectivity index (χ0) is 21.6. The highest BCUT2D eigenvalue weighted by Gasteiger charge is 2.38. The average Bonchev–Trinajstić information content (AvgIpc) is 3.06. The molecule has 1 aliphatic heterocycles. The molecule has 1 aromatic rings. The number of ether oxygens (including phenoxy) is 1. The van der Waals surface area contributed by atoms with Crippen LogP contribution in [0.4, 0.5) is 18.0 Å². The third-order valence-corrected chi connectivity index (χ3v) is 4.29. The summed E-state index contributed by atoms with van der Waals surface area (Å²) in [6.07, 6.45) is -4.70. The molecule has 0 saturated carbocycles. The first-order chi connectivity index (χ1) is 13.6. The summed E-state index contributed by atoms with van der Waals surface area (Å²) in [7, 11) is 0. The van der Waals surface area contributed by atoms with E-state index in [2.05, 4.69) is 0 Å². The lowest BCUT2D eigenvalue weighted by Gasteiger charge is -2.25. The predicted octanol–water partition coefficient (Wildman–Crippen LogP) is 1.53. The van der Waals surface area contributed by atoms with Crippen LogP contribution in [0.25, 0.3) is 0 Å². The first kappa shape index (κ1) is 22.2. The minimum Gasteiger partial charge on any atom is -0.455 e. The van der Waals surface area contributed by atoms with Crippen molar-refractivity contribution in [1.82, 2.24) is 15.5 Å². The molecule has 0 radical (unpaired) electrons. The van der Waals surface area contributed by atoms with Crippen LogP contribution in [0.15, 0.2) is 30.3 Å². The van der Waals surface area contributed by atoms with Crippen molar-refractivity contribution in [3.63, 3.8) is 0 Å². The number of nitrogens with zero attached hydrogens (tertiary/aromatic N) is 1. The topological polar surface area (TPSA) is 105 Å². The Kier molecular flexibility index (Phi) is 7.18. The molecule has 2 atom stereocenters. The number of nitrogens with one attached hydrogen (secondary N) is 2. The zero-order valence-electron chi connectivity index (χ0n) is 15.5. The molecule has 1 aliphatic rings. The van der Waals surface area contributed by atoms with Crippen LogP contribution in [0.3, 0.4) is 0 Å². The highest BCUT2D eigenvalue weighted by molar-refractivity contribution is 5.96. The van der Waals surface area contributed by atoms with Gasteiger partial charge in [0, 0.05) is 13.0 Å². The maximum Gasteiger partial charge on any atom is 0.405 e. The molecule has 4 amide bonds. The average molecular weight is 415 g/mol. The van der Waals surface area contributed by atoms with Gasteiger partial charge in [-0.1, -0.05) is 30.3 Å². The predicted molar refractivity (Wildman–Crippen MR) is 93.2 cm³/mol. The van der Waals surface area contributed by atoms with Gasteiger partial charge in [0.25, 0.3) is 5.91 Å². The van der Waals surface area contributed by atoms with Crippen molar-refractivity contribution in [3.05, 3.63) is 35.9 Å². The summed E-state index contributed by atoms with van der Waals surface area (Å²) < 4.78 is 40.7. The Balaban J connectivity index is 1.79. The lowest BCUT2D eigenvalue weighted by molar-refractivity contribution is -0.152. The van der Waals surface area contributed by atoms with E-state index in [4.69, 9.17) is 4.74 Å². The molecule has 0 bridgehead atoms. The van der Waals surface area contributed by atoms with Crippen molar-refractivity contribution in [1.29, 1.82) is 0 Å². The molecule has 2 N–H and O–H groups in total. The molecule has 0 aliphatic carbocycles. The Morgan fingerprint density at radius 1 is 1.24 bits per heavy atom. The van der Waals surface area contributed by atoms with E-state index in [-0.39, 0.29) is 24.9 Å². The maximum absolute atomic E-state index is 12.2. The summed E-state index contributed by atoms with van der Waals surface area (Å²) in [5.74, 6) is -2.90. The fraction of sp³-hybridized carbons (Fsp3) is 0.444. The molecular formula is C18H20F3N3O5. The molecule has 11 heteroatoms. The van der Waals surface area contributed by atoms with Gasteiger partial charge >= 0.3 is 18.2 Å². The number of alkyl halides is 3. The second kappa shape index (κ2) is 9.39. The van der Waals surface area contributed by atoms with Crippen molar-refractivity contribution in [3.8, 4) is 0 Å². The van der Waals surface area contributed by atoms with Gasteiger partial charge in [-0.3, -0.25) is 19.7 Å². The number of urea groups is 1. The normalized spacial score (nSPS) is 17.6. The largest absolute Gasteiger partial charge is 0.455 e. The van der Waals surface area contributed by atoms with Crippen molar-refractivity contribution in [2.75, 3.05) is 19.7 Å². The molecule has 1 saturated heterocycles. The summed E-state index contributed by atoms with van der Waals surface area (Å²) in [6, 6.07) is 7.62. The Morgan fingerprint density at radius 2 is 1.90 bits per heavy atom. The van der Waals surface area contributed by atoms with Crippen LogP contribution in [0.2, 0.25) is 0 Å². The van der Waals surface area contributed by atoms with Gasteiger partial charge in [0.2, 0.25) is 5.91 Å². The van der Waals surface area contributed by atoms with Gasteiger partial charge in [-0.25, -0.2) is 4.79 Å². The van der Waals surface area contributed by atoms with E-state index in [0.717, 1.165) is 5.56 Å². The minimum absolute atomic E-state index is 0.0797. The van der Waals surface area contributed by atoms with E-state index in [1.807, 2.05) is 37.3 Å². The molecule has 1 fully saturated rings. The van der Waals surface area contributed by atoms with Crippen LogP contribution in [-0.4, -0.2) is 54.6 Å². The fourth-order valence-corrected chi connectivity index (χ4v) is 2.82. The Bertz CT molecular complexity index is 770. The standard InChI is InChI=1S/C18H20F3N3O5/c1-11(12-5-3-2-4-6-12)24-8-13(7-15(24)26)16(27)29-9-14(25)23-17(28)22-10-18(19,20)21/h2-6,11,13H,7-10H2,1H3,(H2,22,23,25,28)/t11-,13+/m0/s1. The van der Waals surface area contributed by atoms with E-state index in [1.165, 1.54) is 10.2 Å². The van der Waals surface area contributed by atoms with Crippen molar-refractivity contribution in [2.24, 2.45) is 5.92 Å². The lowest BCUT2D eigenvalue weighted by Crippen LogP contribution is -2.44. The summed E-state index contributed by atoms with van der Waals surface area (Å²) in [4.78, 5) is 48.6. The molecule has 0 unspecified atom stereocenters. The van der Waals surface area contributed by atoms with E-state index in [9.17, 15) is 32.3 Å². The third kappa shape index (κ3) is 6.77. The molecule has 0 spiro atoms. The SMILES string of the molecule is C[C@@H](c1ccccc1)N1C[C@H](C(=O)OCC(=O)NC(=O)NCC(F)(F)F)CC1=O. The molecule has 29 heavy (non-hydrogen) atoms. The monoisotopic (exact) mass is 415 g/mol. The van der Waals surface area contributed by atoms with Crippen molar-refractivity contribution in [2.45, 2.75) is 25.6 Å². The number of rotatable bonds is 6. The fourth-order valence-electron chi connectivity index (χ4n) is 2.82. The number of imide groups is 1. The van der Waals surface area contributed by atoms with Crippen molar-refractivity contribution >= 4 is 23.8 Å². The number of esters is 1. The molecular weight excluding hydrogens is 395 g/mol. The quantitative estimate of drug-likeness (QED) is 0.686. The minimum atomic E-state index is -4.62. The third-order valence-electron chi connectivity index (χ3n) is 4.29. The van der Waals surface area contributed by atoms with Gasteiger partial charge in [0.15, 0.2) is 6.61 Å². The van der Waals surface area contributed by atoms with Crippen LogP contribution in [-0.2, 0) is 19.1 Å². The number of hydrogen-bond acceptors (Lipinski definition) is 5. The number of halogens is 3. The Labute approximate surface area is 164 Å². The number of carbonyl (C=O) groups is 4. The first-order valence-corrected chi connectivity index (χ1v) is 8.72. The summed E-state index contributed by atoms with van der Waals surface area (Å²) in [5.41, 5.74) is 0.902. The maximum atomic E-state index is 12.2. The summed E-state index contributed by atoms with van der Waals surface area (Å²) in [6.45, 7) is -0.516. The molecule has 1 heterocycles. The number of likely N-dealkylation sites (tertiary alicyclic amines) is 1. The number of carbonyl (C=O) groups excluding carboxylic acids is 4. The lowest BCUT2D eigenvalue weighted by atomic mass is 10.1. The van der Waals surface area contributed by atoms with Gasteiger partial charge < -0.3 is 15.0 Å². The van der Waals surface area contributed by atoms with Crippen molar-refractivity contribution < 1.29 is 37.1 Å². The first-order valence-electron chi connectivity index (χ1n) is 8.72. The van der Waals surface area contributed by atoms with E-state index in [0.29, 0.717) is 0 Å². The van der Waals surface area contributed by atoms with Gasteiger partial charge in [-0.15, -0.1) is 0 Å². The molecule has 0 aromatic heterocycles. The molecule has 1 aromatic carbocycles. The van der Waals surface area contributed by atoms with Crippen LogP contribution in [0.1, 0.15) is 24.9 Å². The number of benzene rings is 1. The molecule has 2 rings (SSSR count). The molecule has 158 valence electrons. The highest BCUT2D eigenvalue weighted by atomic mass is 19.4. The number of hydrogen-bond donors (Lipinski definition) is 2. The zero-order valence-corrected chi connectivity index (χ0v) is 15.5. The number of amides is 4. The van der Waals surface area contributed by atoms with E-state index in [1.54, 1.807) is 5.32 Å². The smallest absolute Gasteiger partial charge is 0.405 e. The van der Waals surface area contributed by atoms with Gasteiger partial charge in [0.05, 0.1) is 12.0 Å². The van der Waals surface area contributed by atoms with Crippen LogP contribution >= 0.6 is 0 Å². The van der Waals surface area contributed by atoms with Crippen LogP contribution in [0, 0.1) is 5.92 Å². The Hall–Kier alpha value is -3.11.